The molecule has 1 unspecified atom stereocenters. The molecule has 0 aromatic rings. The molecule has 0 N–H and O–H groups in total. The summed E-state index contributed by atoms with van der Waals surface area (Å²) < 4.78 is 5.70. The summed E-state index contributed by atoms with van der Waals surface area (Å²) in [6.45, 7) is 9.92. The van der Waals surface area contributed by atoms with Crippen molar-refractivity contribution in [2.24, 2.45) is 5.41 Å². The Labute approximate surface area is 63.8 Å². The Morgan fingerprint density at radius 1 is 1.30 bits per heavy atom. The number of hydrogen-bond donors (Lipinski definition) is 0. The average Bonchev–Trinajstić information content (AvgIpc) is 2.13. The highest BCUT2D eigenvalue weighted by molar-refractivity contribution is 4.90. The Morgan fingerprint density at radius 3 is 2.10 bits per heavy atom. The normalized spacial score (nSPS) is 34.8. The topological polar surface area (TPSA) is 9.23 Å². The van der Waals surface area contributed by atoms with Crippen LogP contribution < -0.4 is 0 Å². The molecule has 1 atom stereocenters. The smallest absolute Gasteiger partial charge is 0.0703 e. The predicted molar refractivity (Wildman–Crippen MR) is 43.0 cm³/mol. The molecular formula is C9H18O. The molecule has 1 heteroatoms. The van der Waals surface area contributed by atoms with Gasteiger partial charge in [-0.15, -0.1) is 0 Å². The third-order valence-electron chi connectivity index (χ3n) is 2.81. The summed E-state index contributed by atoms with van der Waals surface area (Å²) in [6, 6.07) is 0. The van der Waals surface area contributed by atoms with Crippen LogP contribution in [0.4, 0.5) is 0 Å². The minimum Gasteiger partial charge on any atom is -0.375 e. The molecule has 1 aliphatic heterocycles. The predicted octanol–water partition coefficient (Wildman–Crippen LogP) is 2.60. The van der Waals surface area contributed by atoms with Crippen LogP contribution in [-0.2, 0) is 4.74 Å². The molecule has 0 aromatic heterocycles. The molecule has 1 nitrogen and oxygen atoms in total. The van der Waals surface area contributed by atoms with Crippen molar-refractivity contribution in [3.05, 3.63) is 0 Å². The molecule has 1 fully saturated rings. The minimum absolute atomic E-state index is 0.132. The molecule has 10 heavy (non-hydrogen) atoms. The minimum atomic E-state index is 0.132. The Hall–Kier alpha value is -0.0400. The van der Waals surface area contributed by atoms with Crippen LogP contribution in [0, 0.1) is 5.41 Å². The molecule has 0 amide bonds. The number of ether oxygens (including phenoxy) is 1. The van der Waals surface area contributed by atoms with Crippen LogP contribution in [-0.4, -0.2) is 12.2 Å². The SMILES string of the molecule is CC(C)(C)C1(C)CCCO1. The van der Waals surface area contributed by atoms with Gasteiger partial charge in [0.05, 0.1) is 5.60 Å². The second kappa shape index (κ2) is 2.23. The fourth-order valence-electron chi connectivity index (χ4n) is 1.37. The maximum absolute atomic E-state index is 5.70. The van der Waals surface area contributed by atoms with Crippen molar-refractivity contribution in [1.82, 2.24) is 0 Å². The lowest BCUT2D eigenvalue weighted by molar-refractivity contribution is -0.0625. The largest absolute Gasteiger partial charge is 0.375 e. The summed E-state index contributed by atoms with van der Waals surface area (Å²) >= 11 is 0. The third-order valence-corrected chi connectivity index (χ3v) is 2.81. The van der Waals surface area contributed by atoms with Gasteiger partial charge >= 0.3 is 0 Å². The fraction of sp³-hybridized carbons (Fsp3) is 1.00. The number of hydrogen-bond acceptors (Lipinski definition) is 1. The molecule has 0 spiro atoms. The van der Waals surface area contributed by atoms with E-state index in [0.29, 0.717) is 5.41 Å². The standard InChI is InChI=1S/C9H18O/c1-8(2,3)9(4)6-5-7-10-9/h5-7H2,1-4H3. The molecular weight excluding hydrogens is 124 g/mol. The van der Waals surface area contributed by atoms with E-state index in [1.807, 2.05) is 0 Å². The van der Waals surface area contributed by atoms with Gasteiger partial charge in [0.25, 0.3) is 0 Å². The van der Waals surface area contributed by atoms with Gasteiger partial charge in [-0.25, -0.2) is 0 Å². The first-order chi connectivity index (χ1) is 4.46. The molecule has 1 rings (SSSR count). The molecule has 1 saturated heterocycles. The van der Waals surface area contributed by atoms with Crippen molar-refractivity contribution < 1.29 is 4.74 Å². The summed E-state index contributed by atoms with van der Waals surface area (Å²) in [5.74, 6) is 0. The van der Waals surface area contributed by atoms with E-state index in [1.54, 1.807) is 0 Å². The van der Waals surface area contributed by atoms with Crippen molar-refractivity contribution in [2.75, 3.05) is 6.61 Å². The molecule has 0 aromatic carbocycles. The van der Waals surface area contributed by atoms with E-state index in [9.17, 15) is 0 Å². The van der Waals surface area contributed by atoms with Crippen molar-refractivity contribution in [2.45, 2.75) is 46.1 Å². The van der Waals surface area contributed by atoms with Crippen molar-refractivity contribution in [3.63, 3.8) is 0 Å². The summed E-state index contributed by atoms with van der Waals surface area (Å²) in [6.07, 6.45) is 2.45. The van der Waals surface area contributed by atoms with Crippen LogP contribution >= 0.6 is 0 Å². The molecule has 1 aliphatic rings. The van der Waals surface area contributed by atoms with Gasteiger partial charge in [-0.3, -0.25) is 0 Å². The Kier molecular flexibility index (Phi) is 1.80. The van der Waals surface area contributed by atoms with E-state index in [0.717, 1.165) is 6.61 Å². The first kappa shape index (κ1) is 8.06. The van der Waals surface area contributed by atoms with Crippen molar-refractivity contribution in [3.8, 4) is 0 Å². The lowest BCUT2D eigenvalue weighted by atomic mass is 9.76. The molecule has 0 saturated carbocycles. The highest BCUT2D eigenvalue weighted by Crippen LogP contribution is 2.40. The van der Waals surface area contributed by atoms with Crippen LogP contribution in [0.5, 0.6) is 0 Å². The second-order valence-corrected chi connectivity index (χ2v) is 4.43. The molecule has 60 valence electrons. The lowest BCUT2D eigenvalue weighted by Gasteiger charge is -2.37. The van der Waals surface area contributed by atoms with E-state index in [-0.39, 0.29) is 5.60 Å². The molecule has 0 bridgehead atoms. The van der Waals surface area contributed by atoms with Gasteiger partial charge in [0.15, 0.2) is 0 Å². The van der Waals surface area contributed by atoms with E-state index in [2.05, 4.69) is 27.7 Å². The van der Waals surface area contributed by atoms with E-state index >= 15 is 0 Å². The van der Waals surface area contributed by atoms with Crippen LogP contribution in [0.25, 0.3) is 0 Å². The quantitative estimate of drug-likeness (QED) is 0.505. The van der Waals surface area contributed by atoms with Crippen molar-refractivity contribution >= 4 is 0 Å². The van der Waals surface area contributed by atoms with Crippen molar-refractivity contribution in [1.29, 1.82) is 0 Å². The van der Waals surface area contributed by atoms with E-state index < -0.39 is 0 Å². The van der Waals surface area contributed by atoms with E-state index in [4.69, 9.17) is 4.74 Å². The van der Waals surface area contributed by atoms with Crippen LogP contribution in [0.3, 0.4) is 0 Å². The van der Waals surface area contributed by atoms with Gasteiger partial charge in [-0.1, -0.05) is 20.8 Å². The van der Waals surface area contributed by atoms with Gasteiger partial charge < -0.3 is 4.74 Å². The molecule has 1 heterocycles. The van der Waals surface area contributed by atoms with Gasteiger partial charge in [0.1, 0.15) is 0 Å². The monoisotopic (exact) mass is 142 g/mol. The molecule has 0 aliphatic carbocycles. The summed E-state index contributed by atoms with van der Waals surface area (Å²) in [7, 11) is 0. The molecule has 0 radical (unpaired) electrons. The highest BCUT2D eigenvalue weighted by Gasteiger charge is 2.40. The summed E-state index contributed by atoms with van der Waals surface area (Å²) in [4.78, 5) is 0. The summed E-state index contributed by atoms with van der Waals surface area (Å²) in [5.41, 5.74) is 0.427. The maximum atomic E-state index is 5.70. The maximum Gasteiger partial charge on any atom is 0.0703 e. The van der Waals surface area contributed by atoms with Gasteiger partial charge in [0.2, 0.25) is 0 Å². The van der Waals surface area contributed by atoms with Crippen LogP contribution in [0.1, 0.15) is 40.5 Å². The van der Waals surface area contributed by atoms with E-state index in [1.165, 1.54) is 12.8 Å². The third kappa shape index (κ3) is 1.20. The zero-order chi connectivity index (χ0) is 7.83. The Bertz CT molecular complexity index is 115. The first-order valence-electron chi connectivity index (χ1n) is 4.10. The first-order valence-corrected chi connectivity index (χ1v) is 4.10. The van der Waals surface area contributed by atoms with Gasteiger partial charge in [-0.2, -0.15) is 0 Å². The second-order valence-electron chi connectivity index (χ2n) is 4.43. The Balaban J connectivity index is 2.67. The highest BCUT2D eigenvalue weighted by atomic mass is 16.5. The van der Waals surface area contributed by atoms with Gasteiger partial charge in [-0.05, 0) is 25.2 Å². The average molecular weight is 142 g/mol. The summed E-state index contributed by atoms with van der Waals surface area (Å²) in [5, 5.41) is 0. The van der Waals surface area contributed by atoms with Crippen LogP contribution in [0.2, 0.25) is 0 Å². The fourth-order valence-corrected chi connectivity index (χ4v) is 1.37. The number of rotatable bonds is 0. The van der Waals surface area contributed by atoms with Gasteiger partial charge in [0, 0.05) is 6.61 Å². The Morgan fingerprint density at radius 2 is 1.90 bits per heavy atom. The van der Waals surface area contributed by atoms with Crippen LogP contribution in [0.15, 0.2) is 0 Å². The zero-order valence-corrected chi connectivity index (χ0v) is 7.53. The lowest BCUT2D eigenvalue weighted by Crippen LogP contribution is -2.38. The zero-order valence-electron chi connectivity index (χ0n) is 7.53.